The smallest absolute Gasteiger partial charge is 0.137 e. The van der Waals surface area contributed by atoms with Gasteiger partial charge in [0.2, 0.25) is 0 Å². The van der Waals surface area contributed by atoms with Crippen LogP contribution in [0.15, 0.2) is 11.1 Å². The molecule has 0 aromatic heterocycles. The molecule has 0 N–H and O–H groups in total. The molecule has 0 spiro atoms. The van der Waals surface area contributed by atoms with E-state index in [-0.39, 0.29) is 0 Å². The number of hydrogen-bond acceptors (Lipinski definition) is 1. The third-order valence-corrected chi connectivity index (χ3v) is 5.97. The Morgan fingerprint density at radius 2 is 1.94 bits per heavy atom. The van der Waals surface area contributed by atoms with Crippen LogP contribution in [0.4, 0.5) is 0 Å². The molecule has 1 nitrogen and oxygen atoms in total. The normalized spacial score (nSPS) is 40.4. The third-order valence-electron chi connectivity index (χ3n) is 5.97. The average Bonchev–Trinajstić information content (AvgIpc) is 2.37. The Bertz CT molecular complexity index is 379. The fraction of sp³-hybridized carbons (Fsp3) is 0.824. The summed E-state index contributed by atoms with van der Waals surface area (Å²) in [5.74, 6) is 4.14. The van der Waals surface area contributed by atoms with Crippen molar-refractivity contribution in [2.45, 2.75) is 65.2 Å². The lowest BCUT2D eigenvalue weighted by Gasteiger charge is -2.47. The molecule has 0 unspecified atom stereocenters. The van der Waals surface area contributed by atoms with Gasteiger partial charge in [0, 0.05) is 12.8 Å². The van der Waals surface area contributed by atoms with Crippen LogP contribution in [0.1, 0.15) is 65.2 Å². The summed E-state index contributed by atoms with van der Waals surface area (Å²) in [6.07, 6.45) is 9.47. The van der Waals surface area contributed by atoms with Crippen LogP contribution >= 0.6 is 0 Å². The maximum Gasteiger partial charge on any atom is 0.137 e. The van der Waals surface area contributed by atoms with Gasteiger partial charge in [-0.3, -0.25) is 4.79 Å². The summed E-state index contributed by atoms with van der Waals surface area (Å²) in [5, 5.41) is 0. The second-order valence-electron chi connectivity index (χ2n) is 6.78. The summed E-state index contributed by atoms with van der Waals surface area (Å²) in [6, 6.07) is 0. The van der Waals surface area contributed by atoms with E-state index >= 15 is 0 Å². The standard InChI is InChI=1S/C17H26O/c1-3-14-11(2)4-7-17-15-9-6-13(18)10-12(15)5-8-16(14)17/h11,14,16-17H,3-10H2,1-2H3/t11-,14+,16-,17+/m0/s1. The molecule has 0 aromatic carbocycles. The van der Waals surface area contributed by atoms with E-state index in [9.17, 15) is 4.79 Å². The molecule has 1 fully saturated rings. The fourth-order valence-electron chi connectivity index (χ4n) is 5.07. The summed E-state index contributed by atoms with van der Waals surface area (Å²) >= 11 is 0. The average molecular weight is 246 g/mol. The molecule has 0 aliphatic heterocycles. The van der Waals surface area contributed by atoms with E-state index in [1.54, 1.807) is 11.1 Å². The minimum atomic E-state index is 0.489. The first-order valence-electron chi connectivity index (χ1n) is 7.93. The van der Waals surface area contributed by atoms with Gasteiger partial charge in [-0.05, 0) is 55.8 Å². The molecule has 3 rings (SSSR count). The molecule has 100 valence electrons. The zero-order valence-electron chi connectivity index (χ0n) is 11.9. The summed E-state index contributed by atoms with van der Waals surface area (Å²) < 4.78 is 0. The van der Waals surface area contributed by atoms with Crippen LogP contribution in [0.2, 0.25) is 0 Å². The Labute approximate surface area is 111 Å². The van der Waals surface area contributed by atoms with E-state index < -0.39 is 0 Å². The van der Waals surface area contributed by atoms with Gasteiger partial charge >= 0.3 is 0 Å². The van der Waals surface area contributed by atoms with Crippen LogP contribution in [0.25, 0.3) is 0 Å². The predicted octanol–water partition coefficient (Wildman–Crippen LogP) is 4.52. The van der Waals surface area contributed by atoms with Crippen LogP contribution in [-0.4, -0.2) is 5.78 Å². The monoisotopic (exact) mass is 246 g/mol. The summed E-state index contributed by atoms with van der Waals surface area (Å²) in [4.78, 5) is 11.6. The Morgan fingerprint density at radius 3 is 2.72 bits per heavy atom. The van der Waals surface area contributed by atoms with Crippen LogP contribution < -0.4 is 0 Å². The van der Waals surface area contributed by atoms with Crippen molar-refractivity contribution in [3.63, 3.8) is 0 Å². The highest BCUT2D eigenvalue weighted by Crippen LogP contribution is 2.51. The Morgan fingerprint density at radius 1 is 1.11 bits per heavy atom. The highest BCUT2D eigenvalue weighted by Gasteiger charge is 2.41. The first-order chi connectivity index (χ1) is 8.70. The molecule has 1 heteroatoms. The van der Waals surface area contributed by atoms with Gasteiger partial charge in [-0.2, -0.15) is 0 Å². The van der Waals surface area contributed by atoms with Gasteiger partial charge < -0.3 is 0 Å². The van der Waals surface area contributed by atoms with Crippen molar-refractivity contribution in [2.24, 2.45) is 23.7 Å². The largest absolute Gasteiger partial charge is 0.299 e. The quantitative estimate of drug-likeness (QED) is 0.622. The number of allylic oxidation sites excluding steroid dienone is 2. The number of carbonyl (C=O) groups excluding carboxylic acids is 1. The van der Waals surface area contributed by atoms with Crippen LogP contribution in [-0.2, 0) is 4.79 Å². The molecule has 0 amide bonds. The van der Waals surface area contributed by atoms with Gasteiger partial charge in [-0.15, -0.1) is 0 Å². The number of Topliss-reactive ketones (excluding diaryl/α,β-unsaturated/α-hetero) is 1. The number of rotatable bonds is 1. The van der Waals surface area contributed by atoms with E-state index in [0.717, 1.165) is 42.9 Å². The lowest BCUT2D eigenvalue weighted by molar-refractivity contribution is -0.119. The SMILES string of the molecule is CC[C@H]1[C@@H]2CCC3=C(CCC(=O)C3)[C@H]2CC[C@@H]1C. The number of carbonyl (C=O) groups is 1. The number of hydrogen-bond donors (Lipinski definition) is 0. The highest BCUT2D eigenvalue weighted by atomic mass is 16.1. The second kappa shape index (κ2) is 4.83. The van der Waals surface area contributed by atoms with E-state index in [1.807, 2.05) is 0 Å². The summed E-state index contributed by atoms with van der Waals surface area (Å²) in [5.41, 5.74) is 3.29. The third kappa shape index (κ3) is 1.96. The second-order valence-corrected chi connectivity index (χ2v) is 6.78. The van der Waals surface area contributed by atoms with Crippen molar-refractivity contribution < 1.29 is 4.79 Å². The lowest BCUT2D eigenvalue weighted by Crippen LogP contribution is -2.38. The molecular formula is C17H26O. The molecule has 0 aromatic rings. The zero-order valence-corrected chi connectivity index (χ0v) is 11.9. The van der Waals surface area contributed by atoms with Gasteiger partial charge in [-0.1, -0.05) is 31.4 Å². The van der Waals surface area contributed by atoms with Gasteiger partial charge in [0.25, 0.3) is 0 Å². The lowest BCUT2D eigenvalue weighted by atomic mass is 9.58. The van der Waals surface area contributed by atoms with E-state index in [2.05, 4.69) is 13.8 Å². The molecular weight excluding hydrogens is 220 g/mol. The van der Waals surface area contributed by atoms with Gasteiger partial charge in [0.05, 0.1) is 0 Å². The highest BCUT2D eigenvalue weighted by molar-refractivity contribution is 5.82. The van der Waals surface area contributed by atoms with E-state index in [1.165, 1.54) is 32.1 Å². The summed E-state index contributed by atoms with van der Waals surface area (Å²) in [7, 11) is 0. The minimum Gasteiger partial charge on any atom is -0.299 e. The van der Waals surface area contributed by atoms with Gasteiger partial charge in [-0.25, -0.2) is 0 Å². The molecule has 0 bridgehead atoms. The maximum absolute atomic E-state index is 11.6. The molecule has 3 aliphatic rings. The fourth-order valence-corrected chi connectivity index (χ4v) is 5.07. The zero-order chi connectivity index (χ0) is 12.7. The molecule has 3 aliphatic carbocycles. The van der Waals surface area contributed by atoms with Crippen molar-refractivity contribution in [3.05, 3.63) is 11.1 Å². The number of fused-ring (bicyclic) bond motifs is 2. The maximum atomic E-state index is 11.6. The molecule has 0 radical (unpaired) electrons. The van der Waals surface area contributed by atoms with Crippen molar-refractivity contribution in [1.82, 2.24) is 0 Å². The Kier molecular flexibility index (Phi) is 3.34. The molecule has 1 saturated carbocycles. The van der Waals surface area contributed by atoms with Crippen LogP contribution in [0.5, 0.6) is 0 Å². The van der Waals surface area contributed by atoms with E-state index in [4.69, 9.17) is 0 Å². The summed E-state index contributed by atoms with van der Waals surface area (Å²) in [6.45, 7) is 4.83. The first-order valence-corrected chi connectivity index (χ1v) is 7.93. The van der Waals surface area contributed by atoms with E-state index in [0.29, 0.717) is 5.78 Å². The topological polar surface area (TPSA) is 17.1 Å². The first kappa shape index (κ1) is 12.4. The minimum absolute atomic E-state index is 0.489. The van der Waals surface area contributed by atoms with Crippen molar-refractivity contribution in [3.8, 4) is 0 Å². The molecule has 18 heavy (non-hydrogen) atoms. The van der Waals surface area contributed by atoms with Crippen molar-refractivity contribution in [2.75, 3.05) is 0 Å². The molecule has 0 saturated heterocycles. The Balaban J connectivity index is 1.87. The Hall–Kier alpha value is -0.590. The van der Waals surface area contributed by atoms with Gasteiger partial charge in [0.15, 0.2) is 0 Å². The van der Waals surface area contributed by atoms with Gasteiger partial charge in [0.1, 0.15) is 5.78 Å². The number of ketones is 1. The molecule has 0 heterocycles. The van der Waals surface area contributed by atoms with Crippen molar-refractivity contribution >= 4 is 5.78 Å². The predicted molar refractivity (Wildman–Crippen MR) is 74.3 cm³/mol. The van der Waals surface area contributed by atoms with Crippen molar-refractivity contribution in [1.29, 1.82) is 0 Å². The van der Waals surface area contributed by atoms with Crippen LogP contribution in [0, 0.1) is 23.7 Å². The molecule has 4 atom stereocenters. The van der Waals surface area contributed by atoms with Crippen LogP contribution in [0.3, 0.4) is 0 Å².